The van der Waals surface area contributed by atoms with E-state index >= 15 is 0 Å². The Labute approximate surface area is 179 Å². The Morgan fingerprint density at radius 1 is 1.30 bits per heavy atom. The molecule has 2 aliphatic carbocycles. The van der Waals surface area contributed by atoms with Crippen LogP contribution < -0.4 is 15.4 Å². The van der Waals surface area contributed by atoms with Crippen LogP contribution in [0.1, 0.15) is 44.6 Å². The Balaban J connectivity index is 0.00000210. The fourth-order valence-corrected chi connectivity index (χ4v) is 5.37. The van der Waals surface area contributed by atoms with Gasteiger partial charge < -0.3 is 20.1 Å². The summed E-state index contributed by atoms with van der Waals surface area (Å²) in [5, 5.41) is 7.22. The van der Waals surface area contributed by atoms with Gasteiger partial charge in [0.1, 0.15) is 5.75 Å². The summed E-state index contributed by atoms with van der Waals surface area (Å²) in [7, 11) is 1.71. The number of halogens is 1. The Bertz CT molecular complexity index is 661. The van der Waals surface area contributed by atoms with Gasteiger partial charge in [-0.15, -0.1) is 24.0 Å². The number of hydrogen-bond donors (Lipinski definition) is 2. The largest absolute Gasteiger partial charge is 0.496 e. The van der Waals surface area contributed by atoms with Crippen LogP contribution in [0.3, 0.4) is 0 Å². The van der Waals surface area contributed by atoms with Crippen LogP contribution >= 0.6 is 24.0 Å². The van der Waals surface area contributed by atoms with Crippen molar-refractivity contribution in [3.63, 3.8) is 0 Å². The Morgan fingerprint density at radius 3 is 2.81 bits per heavy atom. The molecule has 3 atom stereocenters. The molecule has 2 N–H and O–H groups in total. The molecule has 0 amide bonds. The van der Waals surface area contributed by atoms with Crippen LogP contribution in [-0.2, 0) is 11.3 Å². The maximum Gasteiger partial charge on any atom is 0.191 e. The first kappa shape index (κ1) is 20.7. The number of guanidine groups is 1. The molecule has 2 saturated carbocycles. The number of methoxy groups -OCH3 is 1. The standard InChI is InChI=1S/C21H31N3O2.HI/c1-3-22-20(23-14-15-8-4-5-9-17(15)25-2)24-18-16-10-13-26-19(16)21(18)11-6-7-12-21;/h4-5,8-9,16,18-19H,3,6-7,10-14H2,1-2H3,(H2,22,23,24);1H. The number of nitrogens with one attached hydrogen (secondary N) is 2. The fourth-order valence-electron chi connectivity index (χ4n) is 5.37. The van der Waals surface area contributed by atoms with Crippen molar-refractivity contribution in [1.82, 2.24) is 10.6 Å². The summed E-state index contributed by atoms with van der Waals surface area (Å²) in [6.07, 6.45) is 6.89. The number of benzene rings is 1. The summed E-state index contributed by atoms with van der Waals surface area (Å²) in [4.78, 5) is 4.86. The molecule has 4 rings (SSSR count). The normalized spacial score (nSPS) is 28.2. The lowest BCUT2D eigenvalue weighted by Gasteiger charge is -2.57. The molecule has 5 nitrogen and oxygen atoms in total. The van der Waals surface area contributed by atoms with Crippen molar-refractivity contribution in [2.24, 2.45) is 16.3 Å². The second kappa shape index (κ2) is 8.99. The number of aliphatic imine (C=N–C) groups is 1. The van der Waals surface area contributed by atoms with Gasteiger partial charge in [0, 0.05) is 36.1 Å². The van der Waals surface area contributed by atoms with Crippen LogP contribution in [0.25, 0.3) is 0 Å². The Morgan fingerprint density at radius 2 is 2.07 bits per heavy atom. The third-order valence-electron chi connectivity index (χ3n) is 6.52. The van der Waals surface area contributed by atoms with E-state index in [1.807, 2.05) is 18.2 Å². The van der Waals surface area contributed by atoms with Crippen LogP contribution in [0.2, 0.25) is 0 Å². The molecule has 1 aromatic carbocycles. The van der Waals surface area contributed by atoms with Crippen LogP contribution in [0.5, 0.6) is 5.75 Å². The smallest absolute Gasteiger partial charge is 0.191 e. The quantitative estimate of drug-likeness (QED) is 0.380. The van der Waals surface area contributed by atoms with Crippen molar-refractivity contribution >= 4 is 29.9 Å². The van der Waals surface area contributed by atoms with E-state index in [2.05, 4.69) is 23.6 Å². The second-order valence-electron chi connectivity index (χ2n) is 7.81. The van der Waals surface area contributed by atoms with Gasteiger partial charge in [-0.3, -0.25) is 0 Å². The summed E-state index contributed by atoms with van der Waals surface area (Å²) in [6, 6.07) is 8.59. The number of ether oxygens (including phenoxy) is 2. The van der Waals surface area contributed by atoms with Crippen molar-refractivity contribution in [1.29, 1.82) is 0 Å². The Hall–Kier alpha value is -1.02. The van der Waals surface area contributed by atoms with E-state index in [0.717, 1.165) is 30.4 Å². The first-order valence-electron chi connectivity index (χ1n) is 10.1. The van der Waals surface area contributed by atoms with Crippen molar-refractivity contribution in [3.05, 3.63) is 29.8 Å². The lowest BCUT2D eigenvalue weighted by Crippen LogP contribution is -2.69. The van der Waals surface area contributed by atoms with Gasteiger partial charge in [0.05, 0.1) is 19.8 Å². The summed E-state index contributed by atoms with van der Waals surface area (Å²) in [5.41, 5.74) is 1.44. The molecule has 1 heterocycles. The Kier molecular flexibility index (Phi) is 6.89. The molecule has 1 aromatic rings. The zero-order valence-corrected chi connectivity index (χ0v) is 18.7. The molecule has 150 valence electrons. The monoisotopic (exact) mass is 485 g/mol. The van der Waals surface area contributed by atoms with Crippen LogP contribution in [-0.4, -0.2) is 38.4 Å². The van der Waals surface area contributed by atoms with E-state index in [4.69, 9.17) is 14.5 Å². The molecule has 0 bridgehead atoms. The molecule has 3 aliphatic rings. The first-order valence-corrected chi connectivity index (χ1v) is 10.1. The van der Waals surface area contributed by atoms with Crippen LogP contribution in [0.15, 0.2) is 29.3 Å². The predicted octanol–water partition coefficient (Wildman–Crippen LogP) is 3.72. The molecule has 3 fully saturated rings. The molecule has 1 spiro atoms. The SMILES string of the molecule is CCNC(=NCc1ccccc1OC)NC1C2CCOC2C12CCCC2.I. The summed E-state index contributed by atoms with van der Waals surface area (Å²) < 4.78 is 11.6. The maximum atomic E-state index is 6.10. The van der Waals surface area contributed by atoms with Crippen LogP contribution in [0, 0.1) is 11.3 Å². The lowest BCUT2D eigenvalue weighted by atomic mass is 9.54. The number of fused-ring (bicyclic) bond motifs is 2. The summed E-state index contributed by atoms with van der Waals surface area (Å²) in [6.45, 7) is 4.52. The van der Waals surface area contributed by atoms with Gasteiger partial charge in [-0.25, -0.2) is 4.99 Å². The zero-order valence-electron chi connectivity index (χ0n) is 16.4. The van der Waals surface area contributed by atoms with Crippen LogP contribution in [0.4, 0.5) is 0 Å². The van der Waals surface area contributed by atoms with E-state index in [-0.39, 0.29) is 24.0 Å². The average molecular weight is 485 g/mol. The number of hydrogen-bond acceptors (Lipinski definition) is 3. The second-order valence-corrected chi connectivity index (χ2v) is 7.81. The predicted molar refractivity (Wildman–Crippen MR) is 119 cm³/mol. The highest BCUT2D eigenvalue weighted by molar-refractivity contribution is 14.0. The van der Waals surface area contributed by atoms with E-state index in [9.17, 15) is 0 Å². The van der Waals surface area contributed by atoms with E-state index in [1.54, 1.807) is 7.11 Å². The highest BCUT2D eigenvalue weighted by Gasteiger charge is 2.65. The number of rotatable bonds is 5. The minimum Gasteiger partial charge on any atom is -0.496 e. The topological polar surface area (TPSA) is 54.9 Å². The van der Waals surface area contributed by atoms with Gasteiger partial charge in [0.2, 0.25) is 0 Å². The molecular formula is C21H32IN3O2. The van der Waals surface area contributed by atoms with Crippen molar-refractivity contribution in [2.75, 3.05) is 20.3 Å². The van der Waals surface area contributed by atoms with E-state index < -0.39 is 0 Å². The molecule has 27 heavy (non-hydrogen) atoms. The first-order chi connectivity index (χ1) is 12.8. The van der Waals surface area contributed by atoms with Gasteiger partial charge in [0.15, 0.2) is 5.96 Å². The summed E-state index contributed by atoms with van der Waals surface area (Å²) in [5.74, 6) is 2.45. The molecule has 6 heteroatoms. The minimum absolute atomic E-state index is 0. The molecule has 3 unspecified atom stereocenters. The lowest BCUT2D eigenvalue weighted by molar-refractivity contribution is -0.125. The fraction of sp³-hybridized carbons (Fsp3) is 0.667. The number of nitrogens with zero attached hydrogens (tertiary/aromatic N) is 1. The average Bonchev–Trinajstić information content (AvgIpc) is 3.33. The third-order valence-corrected chi connectivity index (χ3v) is 6.52. The van der Waals surface area contributed by atoms with Gasteiger partial charge in [-0.05, 0) is 32.3 Å². The molecule has 1 saturated heterocycles. The zero-order chi connectivity index (χ0) is 18.0. The number of para-hydroxylation sites is 1. The minimum atomic E-state index is 0. The highest BCUT2D eigenvalue weighted by atomic mass is 127. The van der Waals surface area contributed by atoms with Crippen molar-refractivity contribution in [2.45, 2.75) is 57.7 Å². The molecule has 0 radical (unpaired) electrons. The van der Waals surface area contributed by atoms with E-state index in [0.29, 0.717) is 30.0 Å². The van der Waals surface area contributed by atoms with Crippen molar-refractivity contribution in [3.8, 4) is 5.75 Å². The molecular weight excluding hydrogens is 453 g/mol. The third kappa shape index (κ3) is 3.79. The van der Waals surface area contributed by atoms with E-state index in [1.165, 1.54) is 32.1 Å². The molecule has 1 aliphatic heterocycles. The van der Waals surface area contributed by atoms with Gasteiger partial charge >= 0.3 is 0 Å². The maximum absolute atomic E-state index is 6.10. The van der Waals surface area contributed by atoms with Crippen molar-refractivity contribution < 1.29 is 9.47 Å². The van der Waals surface area contributed by atoms with Gasteiger partial charge in [-0.1, -0.05) is 31.0 Å². The highest BCUT2D eigenvalue weighted by Crippen LogP contribution is 2.60. The van der Waals surface area contributed by atoms with Gasteiger partial charge in [-0.2, -0.15) is 0 Å². The summed E-state index contributed by atoms with van der Waals surface area (Å²) >= 11 is 0. The van der Waals surface area contributed by atoms with Gasteiger partial charge in [0.25, 0.3) is 0 Å². The molecule has 0 aromatic heterocycles.